The average Bonchev–Trinajstić information content (AvgIpc) is 3.29. The first kappa shape index (κ1) is 19.0. The summed E-state index contributed by atoms with van der Waals surface area (Å²) in [6.07, 6.45) is 5.39. The number of ether oxygens (including phenoxy) is 1. The van der Waals surface area contributed by atoms with E-state index in [1.165, 1.54) is 0 Å². The van der Waals surface area contributed by atoms with Crippen molar-refractivity contribution in [2.45, 2.75) is 6.54 Å². The maximum atomic E-state index is 12.5. The molecule has 0 aliphatic rings. The number of amides is 1. The molecule has 0 spiro atoms. The molecule has 0 fully saturated rings. The Kier molecular flexibility index (Phi) is 5.54. The number of para-hydroxylation sites is 1. The van der Waals surface area contributed by atoms with Crippen LogP contribution in [0.25, 0.3) is 0 Å². The first-order valence-electron chi connectivity index (χ1n) is 9.34. The highest BCUT2D eigenvalue weighted by Crippen LogP contribution is 2.26. The Bertz CT molecular complexity index is 1180. The molecule has 146 valence electrons. The topological polar surface area (TPSA) is 79.9 Å². The van der Waals surface area contributed by atoms with Gasteiger partial charge in [0, 0.05) is 30.2 Å². The maximum Gasteiger partial charge on any atom is 0.255 e. The molecule has 0 bridgehead atoms. The summed E-state index contributed by atoms with van der Waals surface area (Å²) < 4.78 is 7.73. The number of nitrogens with zero attached hydrogens (tertiary/aromatic N) is 3. The van der Waals surface area contributed by atoms with Gasteiger partial charge < -0.3 is 14.6 Å². The predicted octanol–water partition coefficient (Wildman–Crippen LogP) is 4.85. The Balaban J connectivity index is 1.38. The summed E-state index contributed by atoms with van der Waals surface area (Å²) in [5.74, 6) is 0.889. The lowest BCUT2D eigenvalue weighted by molar-refractivity contribution is 0.102. The standard InChI is InChI=1S/C24H18N4O2/c25-15-20-3-1-2-4-23(20)30-22-11-9-21(10-12-22)27-24(29)19-7-5-18(6-8-19)16-28-14-13-26-17-28/h1-14,17H,16H2,(H,27,29). The van der Waals surface area contributed by atoms with Crippen LogP contribution in [0.2, 0.25) is 0 Å². The zero-order chi connectivity index (χ0) is 20.8. The molecule has 30 heavy (non-hydrogen) atoms. The van der Waals surface area contributed by atoms with Gasteiger partial charge in [0.2, 0.25) is 0 Å². The number of hydrogen-bond donors (Lipinski definition) is 1. The molecule has 4 aromatic rings. The van der Waals surface area contributed by atoms with E-state index in [1.54, 1.807) is 67.1 Å². The Labute approximate surface area is 174 Å². The minimum absolute atomic E-state index is 0.187. The molecule has 0 aliphatic carbocycles. The van der Waals surface area contributed by atoms with Crippen molar-refractivity contribution in [2.75, 3.05) is 5.32 Å². The van der Waals surface area contributed by atoms with Crippen LogP contribution < -0.4 is 10.1 Å². The Morgan fingerprint density at radius 2 is 1.80 bits per heavy atom. The van der Waals surface area contributed by atoms with Gasteiger partial charge in [0.25, 0.3) is 5.91 Å². The number of benzene rings is 3. The Hall–Kier alpha value is -4.37. The summed E-state index contributed by atoms with van der Waals surface area (Å²) in [6.45, 7) is 0.707. The second kappa shape index (κ2) is 8.76. The molecule has 0 unspecified atom stereocenters. The first-order valence-corrected chi connectivity index (χ1v) is 9.34. The summed E-state index contributed by atoms with van der Waals surface area (Å²) in [4.78, 5) is 16.5. The SMILES string of the molecule is N#Cc1ccccc1Oc1ccc(NC(=O)c2ccc(Cn3ccnc3)cc2)cc1. The molecule has 4 rings (SSSR count). The van der Waals surface area contributed by atoms with Crippen molar-refractivity contribution in [3.05, 3.63) is 108 Å². The van der Waals surface area contributed by atoms with Crippen molar-refractivity contribution >= 4 is 11.6 Å². The van der Waals surface area contributed by atoms with Gasteiger partial charge in [0.15, 0.2) is 0 Å². The molecule has 6 heteroatoms. The molecule has 1 N–H and O–H groups in total. The largest absolute Gasteiger partial charge is 0.456 e. The zero-order valence-corrected chi connectivity index (χ0v) is 16.0. The van der Waals surface area contributed by atoms with Gasteiger partial charge in [-0.1, -0.05) is 24.3 Å². The van der Waals surface area contributed by atoms with Crippen LogP contribution in [0.3, 0.4) is 0 Å². The van der Waals surface area contributed by atoms with Gasteiger partial charge in [0.1, 0.15) is 17.6 Å². The molecule has 0 saturated heterocycles. The fourth-order valence-corrected chi connectivity index (χ4v) is 2.94. The van der Waals surface area contributed by atoms with E-state index in [-0.39, 0.29) is 5.91 Å². The molecule has 3 aromatic carbocycles. The number of anilines is 1. The molecule has 0 radical (unpaired) electrons. The molecule has 1 heterocycles. The van der Waals surface area contributed by atoms with Crippen LogP contribution in [0.1, 0.15) is 21.5 Å². The molecule has 1 aromatic heterocycles. The number of imidazole rings is 1. The summed E-state index contributed by atoms with van der Waals surface area (Å²) in [5, 5.41) is 12.0. The van der Waals surface area contributed by atoms with E-state index in [4.69, 9.17) is 10.00 Å². The van der Waals surface area contributed by atoms with Gasteiger partial charge in [-0.3, -0.25) is 4.79 Å². The fourth-order valence-electron chi connectivity index (χ4n) is 2.94. The molecule has 1 amide bonds. The molecular formula is C24H18N4O2. The summed E-state index contributed by atoms with van der Waals surface area (Å²) >= 11 is 0. The number of aromatic nitrogens is 2. The lowest BCUT2D eigenvalue weighted by Crippen LogP contribution is -2.11. The van der Waals surface area contributed by atoms with Gasteiger partial charge in [-0.25, -0.2) is 4.98 Å². The molecule has 0 atom stereocenters. The van der Waals surface area contributed by atoms with E-state index >= 15 is 0 Å². The Morgan fingerprint density at radius 1 is 1.03 bits per heavy atom. The van der Waals surface area contributed by atoms with Gasteiger partial charge in [-0.05, 0) is 54.1 Å². The average molecular weight is 394 g/mol. The fraction of sp³-hybridized carbons (Fsp3) is 0.0417. The first-order chi connectivity index (χ1) is 14.7. The van der Waals surface area contributed by atoms with Crippen LogP contribution in [0.4, 0.5) is 5.69 Å². The van der Waals surface area contributed by atoms with Crippen LogP contribution in [0.5, 0.6) is 11.5 Å². The van der Waals surface area contributed by atoms with Crippen molar-refractivity contribution in [3.8, 4) is 17.6 Å². The second-order valence-electron chi connectivity index (χ2n) is 6.62. The normalized spacial score (nSPS) is 10.2. The predicted molar refractivity (Wildman–Crippen MR) is 113 cm³/mol. The second-order valence-corrected chi connectivity index (χ2v) is 6.62. The lowest BCUT2D eigenvalue weighted by atomic mass is 10.1. The highest BCUT2D eigenvalue weighted by atomic mass is 16.5. The smallest absolute Gasteiger partial charge is 0.255 e. The van der Waals surface area contributed by atoms with Crippen molar-refractivity contribution in [2.24, 2.45) is 0 Å². The number of carbonyl (C=O) groups is 1. The number of carbonyl (C=O) groups excluding carboxylic acids is 1. The van der Waals surface area contributed by atoms with Crippen LogP contribution >= 0.6 is 0 Å². The third-order valence-electron chi connectivity index (χ3n) is 4.49. The van der Waals surface area contributed by atoms with E-state index in [9.17, 15) is 4.79 Å². The Morgan fingerprint density at radius 3 is 2.50 bits per heavy atom. The van der Waals surface area contributed by atoms with Crippen LogP contribution in [0.15, 0.2) is 91.5 Å². The highest BCUT2D eigenvalue weighted by molar-refractivity contribution is 6.04. The van der Waals surface area contributed by atoms with Crippen LogP contribution in [-0.2, 0) is 6.54 Å². The lowest BCUT2D eigenvalue weighted by Gasteiger charge is -2.09. The third kappa shape index (κ3) is 4.54. The quantitative estimate of drug-likeness (QED) is 0.507. The van der Waals surface area contributed by atoms with Crippen molar-refractivity contribution in [1.29, 1.82) is 5.26 Å². The molecule has 0 aliphatic heterocycles. The molecular weight excluding hydrogens is 376 g/mol. The number of hydrogen-bond acceptors (Lipinski definition) is 4. The van der Waals surface area contributed by atoms with Crippen LogP contribution in [0, 0.1) is 11.3 Å². The van der Waals surface area contributed by atoms with E-state index in [0.717, 1.165) is 5.56 Å². The number of nitrogens with one attached hydrogen (secondary N) is 1. The summed E-state index contributed by atoms with van der Waals surface area (Å²) in [6, 6.07) is 23.6. The van der Waals surface area contributed by atoms with Gasteiger partial charge >= 0.3 is 0 Å². The van der Waals surface area contributed by atoms with E-state index in [0.29, 0.717) is 34.9 Å². The van der Waals surface area contributed by atoms with Gasteiger partial charge in [-0.2, -0.15) is 5.26 Å². The van der Waals surface area contributed by atoms with Crippen molar-refractivity contribution < 1.29 is 9.53 Å². The van der Waals surface area contributed by atoms with Gasteiger partial charge in [0.05, 0.1) is 11.9 Å². The molecule has 0 saturated carbocycles. The van der Waals surface area contributed by atoms with E-state index in [2.05, 4.69) is 16.4 Å². The number of nitriles is 1. The third-order valence-corrected chi connectivity index (χ3v) is 4.49. The monoisotopic (exact) mass is 394 g/mol. The summed E-state index contributed by atoms with van der Waals surface area (Å²) in [5.41, 5.74) is 2.78. The summed E-state index contributed by atoms with van der Waals surface area (Å²) in [7, 11) is 0. The number of rotatable bonds is 6. The van der Waals surface area contributed by atoms with Gasteiger partial charge in [-0.15, -0.1) is 0 Å². The minimum Gasteiger partial charge on any atom is -0.456 e. The zero-order valence-electron chi connectivity index (χ0n) is 16.0. The van der Waals surface area contributed by atoms with E-state index < -0.39 is 0 Å². The van der Waals surface area contributed by atoms with Crippen molar-refractivity contribution in [1.82, 2.24) is 9.55 Å². The molecule has 6 nitrogen and oxygen atoms in total. The highest BCUT2D eigenvalue weighted by Gasteiger charge is 2.08. The maximum absolute atomic E-state index is 12.5. The van der Waals surface area contributed by atoms with Crippen molar-refractivity contribution in [3.63, 3.8) is 0 Å². The van der Waals surface area contributed by atoms with Crippen LogP contribution in [-0.4, -0.2) is 15.5 Å². The minimum atomic E-state index is -0.187. The van der Waals surface area contributed by atoms with E-state index in [1.807, 2.05) is 29.0 Å².